The van der Waals surface area contributed by atoms with E-state index in [0.717, 1.165) is 16.8 Å². The van der Waals surface area contributed by atoms with Crippen LogP contribution in [0.25, 0.3) is 11.3 Å². The average molecular weight is 335 g/mol. The van der Waals surface area contributed by atoms with Crippen molar-refractivity contribution in [1.82, 2.24) is 4.98 Å². The van der Waals surface area contributed by atoms with Crippen molar-refractivity contribution in [3.8, 4) is 11.3 Å². The zero-order valence-corrected chi connectivity index (χ0v) is 14.8. The largest absolute Gasteiger partial charge is 0.389 e. The fraction of sp³-hybridized carbons (Fsp3) is 0.450. The van der Waals surface area contributed by atoms with E-state index in [0.29, 0.717) is 5.56 Å². The van der Waals surface area contributed by atoms with E-state index in [1.807, 2.05) is 30.5 Å². The van der Waals surface area contributed by atoms with Crippen LogP contribution in [0.4, 0.5) is 13.2 Å². The molecule has 4 heteroatoms. The van der Waals surface area contributed by atoms with E-state index in [1.165, 1.54) is 0 Å². The summed E-state index contributed by atoms with van der Waals surface area (Å²) in [6.45, 7) is 9.61. The van der Waals surface area contributed by atoms with Gasteiger partial charge in [0, 0.05) is 11.8 Å². The number of rotatable bonds is 3. The van der Waals surface area contributed by atoms with Gasteiger partial charge in [0.05, 0.1) is 12.1 Å². The zero-order chi connectivity index (χ0) is 18.2. The van der Waals surface area contributed by atoms with Crippen LogP contribution in [0, 0.1) is 0 Å². The van der Waals surface area contributed by atoms with Crippen LogP contribution in [-0.2, 0) is 10.8 Å². The van der Waals surface area contributed by atoms with Gasteiger partial charge in [-0.25, -0.2) is 0 Å². The van der Waals surface area contributed by atoms with E-state index in [4.69, 9.17) is 0 Å². The van der Waals surface area contributed by atoms with Crippen LogP contribution >= 0.6 is 0 Å². The van der Waals surface area contributed by atoms with Gasteiger partial charge in [0.2, 0.25) is 0 Å². The van der Waals surface area contributed by atoms with Crippen molar-refractivity contribution in [1.29, 1.82) is 0 Å². The summed E-state index contributed by atoms with van der Waals surface area (Å²) in [5, 5.41) is 0. The van der Waals surface area contributed by atoms with Crippen molar-refractivity contribution in [3.63, 3.8) is 0 Å². The first-order valence-electron chi connectivity index (χ1n) is 8.03. The first-order chi connectivity index (χ1) is 10.9. The Morgan fingerprint density at radius 2 is 1.33 bits per heavy atom. The van der Waals surface area contributed by atoms with Crippen LogP contribution in [0.2, 0.25) is 0 Å². The fourth-order valence-corrected chi connectivity index (χ4v) is 2.70. The molecule has 1 heterocycles. The number of nitrogens with zero attached hydrogens (tertiary/aromatic N) is 1. The van der Waals surface area contributed by atoms with E-state index in [2.05, 4.69) is 25.8 Å². The third-order valence-electron chi connectivity index (χ3n) is 4.23. The highest BCUT2D eigenvalue weighted by atomic mass is 19.4. The number of pyridine rings is 1. The molecule has 0 atom stereocenters. The quantitative estimate of drug-likeness (QED) is 0.643. The molecule has 0 radical (unpaired) electrons. The molecule has 0 saturated heterocycles. The monoisotopic (exact) mass is 335 g/mol. The fourth-order valence-electron chi connectivity index (χ4n) is 2.70. The van der Waals surface area contributed by atoms with Crippen LogP contribution in [0.15, 0.2) is 42.6 Å². The molecule has 0 aliphatic carbocycles. The molecule has 1 aromatic heterocycles. The van der Waals surface area contributed by atoms with E-state index in [9.17, 15) is 13.2 Å². The summed E-state index contributed by atoms with van der Waals surface area (Å²) in [7, 11) is 0. The van der Waals surface area contributed by atoms with Crippen molar-refractivity contribution in [2.75, 3.05) is 0 Å². The standard InChI is InChI=1S/C20H24F3N/c1-18(2,3)16-10-11-17(24-12-16)14-6-8-15(9-7-14)19(4,5)13-20(21,22)23/h6-12H,13H2,1-5H3. The molecule has 0 aliphatic heterocycles. The summed E-state index contributed by atoms with van der Waals surface area (Å²) in [5.41, 5.74) is 2.64. The van der Waals surface area contributed by atoms with Gasteiger partial charge in [0.1, 0.15) is 0 Å². The minimum Gasteiger partial charge on any atom is -0.256 e. The van der Waals surface area contributed by atoms with Gasteiger partial charge in [-0.3, -0.25) is 4.98 Å². The van der Waals surface area contributed by atoms with Gasteiger partial charge in [-0.2, -0.15) is 13.2 Å². The lowest BCUT2D eigenvalue weighted by molar-refractivity contribution is -0.145. The third kappa shape index (κ3) is 4.59. The number of alkyl halides is 3. The Kier molecular flexibility index (Phi) is 4.80. The highest BCUT2D eigenvalue weighted by Gasteiger charge is 2.37. The van der Waals surface area contributed by atoms with Crippen LogP contribution < -0.4 is 0 Å². The molecular formula is C20H24F3N. The number of aromatic nitrogens is 1. The van der Waals surface area contributed by atoms with Gasteiger partial charge in [0.25, 0.3) is 0 Å². The molecule has 0 aliphatic rings. The minimum atomic E-state index is -4.17. The molecule has 1 nitrogen and oxygen atoms in total. The van der Waals surface area contributed by atoms with Crippen LogP contribution in [-0.4, -0.2) is 11.2 Å². The number of benzene rings is 1. The predicted octanol–water partition coefficient (Wildman–Crippen LogP) is 6.28. The maximum atomic E-state index is 12.7. The van der Waals surface area contributed by atoms with Gasteiger partial charge in [-0.05, 0) is 28.0 Å². The summed E-state index contributed by atoms with van der Waals surface area (Å²) in [4.78, 5) is 4.49. The van der Waals surface area contributed by atoms with E-state index < -0.39 is 18.0 Å². The van der Waals surface area contributed by atoms with E-state index in [1.54, 1.807) is 26.0 Å². The Bertz CT molecular complexity index is 675. The maximum Gasteiger partial charge on any atom is 0.389 e. The first-order valence-corrected chi connectivity index (χ1v) is 8.03. The first kappa shape index (κ1) is 18.5. The smallest absolute Gasteiger partial charge is 0.256 e. The zero-order valence-electron chi connectivity index (χ0n) is 14.8. The van der Waals surface area contributed by atoms with Crippen LogP contribution in [0.5, 0.6) is 0 Å². The summed E-state index contributed by atoms with van der Waals surface area (Å²) < 4.78 is 38.1. The molecule has 130 valence electrons. The lowest BCUT2D eigenvalue weighted by atomic mass is 9.81. The molecule has 0 fully saturated rings. The molecule has 1 aromatic carbocycles. The van der Waals surface area contributed by atoms with Crippen molar-refractivity contribution in [2.45, 2.75) is 58.0 Å². The second kappa shape index (κ2) is 6.23. The Morgan fingerprint density at radius 3 is 1.75 bits per heavy atom. The molecule has 0 amide bonds. The van der Waals surface area contributed by atoms with Gasteiger partial charge in [-0.1, -0.05) is 65.0 Å². The van der Waals surface area contributed by atoms with E-state index >= 15 is 0 Å². The molecule has 0 unspecified atom stereocenters. The molecule has 0 saturated carbocycles. The van der Waals surface area contributed by atoms with Gasteiger partial charge >= 0.3 is 6.18 Å². The molecule has 0 N–H and O–H groups in total. The average Bonchev–Trinajstić information content (AvgIpc) is 2.44. The SMILES string of the molecule is CC(C)(C)c1ccc(-c2ccc(C(C)(C)CC(F)(F)F)cc2)nc1. The number of hydrogen-bond acceptors (Lipinski definition) is 1. The normalized spacial score (nSPS) is 13.2. The van der Waals surface area contributed by atoms with Crippen molar-refractivity contribution in [2.24, 2.45) is 0 Å². The topological polar surface area (TPSA) is 12.9 Å². The summed E-state index contributed by atoms with van der Waals surface area (Å²) in [6.07, 6.45) is -3.15. The Labute approximate surface area is 141 Å². The minimum absolute atomic E-state index is 0.0387. The highest BCUT2D eigenvalue weighted by molar-refractivity contribution is 5.60. The summed E-state index contributed by atoms with van der Waals surface area (Å²) >= 11 is 0. The second-order valence-corrected chi connectivity index (χ2v) is 7.94. The Balaban J connectivity index is 2.23. The van der Waals surface area contributed by atoms with Crippen molar-refractivity contribution >= 4 is 0 Å². The second-order valence-electron chi connectivity index (χ2n) is 7.94. The molecular weight excluding hydrogens is 311 g/mol. The molecule has 0 spiro atoms. The summed E-state index contributed by atoms with van der Waals surface area (Å²) in [5.74, 6) is 0. The molecule has 24 heavy (non-hydrogen) atoms. The van der Waals surface area contributed by atoms with Gasteiger partial charge in [-0.15, -0.1) is 0 Å². The Hall–Kier alpha value is -1.84. The van der Waals surface area contributed by atoms with Crippen LogP contribution in [0.1, 0.15) is 52.2 Å². The summed E-state index contributed by atoms with van der Waals surface area (Å²) in [6, 6.07) is 11.2. The highest BCUT2D eigenvalue weighted by Crippen LogP contribution is 2.36. The molecule has 2 rings (SSSR count). The van der Waals surface area contributed by atoms with Gasteiger partial charge in [0.15, 0.2) is 0 Å². The van der Waals surface area contributed by atoms with Crippen molar-refractivity contribution in [3.05, 3.63) is 53.7 Å². The number of halogens is 3. The third-order valence-corrected chi connectivity index (χ3v) is 4.23. The molecule has 0 bridgehead atoms. The lowest BCUT2D eigenvalue weighted by Crippen LogP contribution is -2.26. The van der Waals surface area contributed by atoms with Gasteiger partial charge < -0.3 is 0 Å². The van der Waals surface area contributed by atoms with Crippen LogP contribution in [0.3, 0.4) is 0 Å². The molecule has 2 aromatic rings. The lowest BCUT2D eigenvalue weighted by Gasteiger charge is -2.26. The maximum absolute atomic E-state index is 12.7. The van der Waals surface area contributed by atoms with Crippen molar-refractivity contribution < 1.29 is 13.2 Å². The Morgan fingerprint density at radius 1 is 0.792 bits per heavy atom. The predicted molar refractivity (Wildman–Crippen MR) is 92.1 cm³/mol. The number of hydrogen-bond donors (Lipinski definition) is 0. The van der Waals surface area contributed by atoms with E-state index in [-0.39, 0.29) is 5.41 Å².